The molecule has 1 fully saturated rings. The van der Waals surface area contributed by atoms with Crippen LogP contribution in [0.5, 0.6) is 0 Å². The quantitative estimate of drug-likeness (QED) is 0.785. The summed E-state index contributed by atoms with van der Waals surface area (Å²) in [6.45, 7) is 12.7. The minimum atomic E-state index is 0.0485. The highest BCUT2D eigenvalue weighted by molar-refractivity contribution is 5.78. The molecule has 1 aliphatic heterocycles. The molecular formula is C14H28N2O2. The van der Waals surface area contributed by atoms with Gasteiger partial charge in [0.15, 0.2) is 0 Å². The molecule has 0 radical (unpaired) electrons. The van der Waals surface area contributed by atoms with Crippen LogP contribution in [0.3, 0.4) is 0 Å². The van der Waals surface area contributed by atoms with Gasteiger partial charge in [-0.2, -0.15) is 0 Å². The van der Waals surface area contributed by atoms with E-state index in [1.54, 1.807) is 0 Å². The molecule has 0 aromatic heterocycles. The fourth-order valence-corrected chi connectivity index (χ4v) is 2.20. The number of ether oxygens (including phenoxy) is 1. The van der Waals surface area contributed by atoms with Crippen molar-refractivity contribution in [3.8, 4) is 0 Å². The van der Waals surface area contributed by atoms with Gasteiger partial charge in [0.25, 0.3) is 0 Å². The second kappa shape index (κ2) is 7.10. The molecule has 1 rings (SSSR count). The van der Waals surface area contributed by atoms with E-state index in [0.717, 1.165) is 45.7 Å². The van der Waals surface area contributed by atoms with Crippen molar-refractivity contribution in [2.24, 2.45) is 5.92 Å². The number of nitrogens with one attached hydrogen (secondary N) is 1. The van der Waals surface area contributed by atoms with Crippen molar-refractivity contribution in [2.45, 2.75) is 46.1 Å². The molecule has 1 amide bonds. The van der Waals surface area contributed by atoms with E-state index in [0.29, 0.717) is 0 Å². The number of hydrogen-bond acceptors (Lipinski definition) is 3. The van der Waals surface area contributed by atoms with Crippen molar-refractivity contribution in [1.82, 2.24) is 10.2 Å². The van der Waals surface area contributed by atoms with Crippen molar-refractivity contribution in [3.05, 3.63) is 0 Å². The van der Waals surface area contributed by atoms with Gasteiger partial charge in [-0.05, 0) is 19.8 Å². The summed E-state index contributed by atoms with van der Waals surface area (Å²) in [5, 5.41) is 3.10. The SMILES string of the molecule is CC[C@H](C)C(=O)NC[C@@](C)(CC)N1CCOCC1. The van der Waals surface area contributed by atoms with Gasteiger partial charge < -0.3 is 10.1 Å². The minimum Gasteiger partial charge on any atom is -0.379 e. The molecule has 1 saturated heterocycles. The lowest BCUT2D eigenvalue weighted by atomic mass is 9.95. The largest absolute Gasteiger partial charge is 0.379 e. The van der Waals surface area contributed by atoms with Crippen molar-refractivity contribution in [1.29, 1.82) is 0 Å². The van der Waals surface area contributed by atoms with Crippen LogP contribution in [0.2, 0.25) is 0 Å². The molecule has 1 N–H and O–H groups in total. The number of carbonyl (C=O) groups is 1. The highest BCUT2D eigenvalue weighted by atomic mass is 16.5. The fourth-order valence-electron chi connectivity index (χ4n) is 2.20. The maximum Gasteiger partial charge on any atom is 0.222 e. The first kappa shape index (κ1) is 15.4. The van der Waals surface area contributed by atoms with Gasteiger partial charge >= 0.3 is 0 Å². The molecule has 2 atom stereocenters. The van der Waals surface area contributed by atoms with Crippen molar-refractivity contribution >= 4 is 5.91 Å². The summed E-state index contributed by atoms with van der Waals surface area (Å²) in [6, 6.07) is 0. The van der Waals surface area contributed by atoms with Crippen molar-refractivity contribution in [2.75, 3.05) is 32.8 Å². The third-order valence-electron chi connectivity index (χ3n) is 4.24. The summed E-state index contributed by atoms with van der Waals surface area (Å²) in [6.07, 6.45) is 1.93. The molecule has 1 heterocycles. The zero-order valence-corrected chi connectivity index (χ0v) is 12.3. The van der Waals surface area contributed by atoms with Crippen LogP contribution in [-0.2, 0) is 9.53 Å². The first-order valence-electron chi connectivity index (χ1n) is 7.14. The Morgan fingerprint density at radius 2 is 2.00 bits per heavy atom. The lowest BCUT2D eigenvalue weighted by Gasteiger charge is -2.43. The van der Waals surface area contributed by atoms with Crippen LogP contribution in [0, 0.1) is 5.92 Å². The van der Waals surface area contributed by atoms with Gasteiger partial charge in [0.1, 0.15) is 0 Å². The first-order chi connectivity index (χ1) is 8.53. The van der Waals surface area contributed by atoms with Crippen LogP contribution in [0.15, 0.2) is 0 Å². The van der Waals surface area contributed by atoms with Crippen LogP contribution in [0.25, 0.3) is 0 Å². The summed E-state index contributed by atoms with van der Waals surface area (Å²) in [5.41, 5.74) is 0.0485. The summed E-state index contributed by atoms with van der Waals surface area (Å²) >= 11 is 0. The van der Waals surface area contributed by atoms with Gasteiger partial charge in [-0.1, -0.05) is 20.8 Å². The molecule has 0 spiro atoms. The molecule has 4 nitrogen and oxygen atoms in total. The molecule has 0 saturated carbocycles. The standard InChI is InChI=1S/C14H28N2O2/c1-5-12(3)13(17)15-11-14(4,6-2)16-7-9-18-10-8-16/h12H,5-11H2,1-4H3,(H,15,17)/t12-,14+/m0/s1. The Morgan fingerprint density at radius 3 is 2.50 bits per heavy atom. The number of rotatable bonds is 6. The van der Waals surface area contributed by atoms with E-state index in [4.69, 9.17) is 4.74 Å². The monoisotopic (exact) mass is 256 g/mol. The van der Waals surface area contributed by atoms with E-state index in [1.807, 2.05) is 13.8 Å². The normalized spacial score (nSPS) is 22.2. The van der Waals surface area contributed by atoms with E-state index < -0.39 is 0 Å². The van der Waals surface area contributed by atoms with Crippen molar-refractivity contribution < 1.29 is 9.53 Å². The maximum atomic E-state index is 11.9. The zero-order chi connectivity index (χ0) is 13.6. The predicted molar refractivity (Wildman–Crippen MR) is 73.6 cm³/mol. The molecule has 0 aromatic carbocycles. The second-order valence-corrected chi connectivity index (χ2v) is 5.48. The molecular weight excluding hydrogens is 228 g/mol. The predicted octanol–water partition coefficient (Wildman–Crippen LogP) is 1.65. The fraction of sp³-hybridized carbons (Fsp3) is 0.929. The van der Waals surface area contributed by atoms with Crippen LogP contribution in [-0.4, -0.2) is 49.2 Å². The highest BCUT2D eigenvalue weighted by Crippen LogP contribution is 2.20. The maximum absolute atomic E-state index is 11.9. The first-order valence-corrected chi connectivity index (χ1v) is 7.14. The van der Waals surface area contributed by atoms with E-state index in [-0.39, 0.29) is 17.4 Å². The second-order valence-electron chi connectivity index (χ2n) is 5.48. The van der Waals surface area contributed by atoms with Gasteiger partial charge in [0.2, 0.25) is 5.91 Å². The zero-order valence-electron chi connectivity index (χ0n) is 12.3. The summed E-state index contributed by atoms with van der Waals surface area (Å²) in [7, 11) is 0. The minimum absolute atomic E-state index is 0.0485. The topological polar surface area (TPSA) is 41.6 Å². The molecule has 106 valence electrons. The Morgan fingerprint density at radius 1 is 1.39 bits per heavy atom. The average Bonchev–Trinajstić information content (AvgIpc) is 2.44. The molecule has 0 aromatic rings. The number of morpholine rings is 1. The summed E-state index contributed by atoms with van der Waals surface area (Å²) < 4.78 is 5.39. The Bertz CT molecular complexity index is 265. The smallest absolute Gasteiger partial charge is 0.222 e. The summed E-state index contributed by atoms with van der Waals surface area (Å²) in [5.74, 6) is 0.279. The van der Waals surface area contributed by atoms with Gasteiger partial charge in [-0.25, -0.2) is 0 Å². The third-order valence-corrected chi connectivity index (χ3v) is 4.24. The highest BCUT2D eigenvalue weighted by Gasteiger charge is 2.31. The van der Waals surface area contributed by atoms with Gasteiger partial charge in [-0.15, -0.1) is 0 Å². The molecule has 4 heteroatoms. The van der Waals surface area contributed by atoms with E-state index in [2.05, 4.69) is 24.1 Å². The molecule has 18 heavy (non-hydrogen) atoms. The lowest BCUT2D eigenvalue weighted by Crippen LogP contribution is -2.57. The van der Waals surface area contributed by atoms with Crippen molar-refractivity contribution in [3.63, 3.8) is 0 Å². The van der Waals surface area contributed by atoms with E-state index in [1.165, 1.54) is 0 Å². The van der Waals surface area contributed by atoms with Crippen LogP contribution < -0.4 is 5.32 Å². The van der Waals surface area contributed by atoms with Gasteiger partial charge in [-0.3, -0.25) is 9.69 Å². The third kappa shape index (κ3) is 3.95. The molecule has 0 aliphatic carbocycles. The number of amides is 1. The Hall–Kier alpha value is -0.610. The number of hydrogen-bond donors (Lipinski definition) is 1. The molecule has 0 unspecified atom stereocenters. The Labute approximate surface area is 111 Å². The number of carbonyl (C=O) groups excluding carboxylic acids is 1. The number of nitrogens with zero attached hydrogens (tertiary/aromatic N) is 1. The van der Waals surface area contributed by atoms with Gasteiger partial charge in [0.05, 0.1) is 13.2 Å². The van der Waals surface area contributed by atoms with E-state index in [9.17, 15) is 4.79 Å². The Balaban J connectivity index is 2.51. The molecule has 1 aliphatic rings. The average molecular weight is 256 g/mol. The van der Waals surface area contributed by atoms with Crippen LogP contribution >= 0.6 is 0 Å². The Kier molecular flexibility index (Phi) is 6.09. The van der Waals surface area contributed by atoms with Crippen LogP contribution in [0.1, 0.15) is 40.5 Å². The molecule has 0 bridgehead atoms. The lowest BCUT2D eigenvalue weighted by molar-refractivity contribution is -0.125. The van der Waals surface area contributed by atoms with E-state index >= 15 is 0 Å². The van der Waals surface area contributed by atoms with Gasteiger partial charge in [0, 0.05) is 31.1 Å². The van der Waals surface area contributed by atoms with Crippen LogP contribution in [0.4, 0.5) is 0 Å². The summed E-state index contributed by atoms with van der Waals surface area (Å²) in [4.78, 5) is 14.3.